The number of carbonyl (C=O) groups is 2. The van der Waals surface area contributed by atoms with Gasteiger partial charge in [0.2, 0.25) is 0 Å². The Morgan fingerprint density at radius 3 is 1.19 bits per heavy atom. The molecule has 8 nitrogen and oxygen atoms in total. The van der Waals surface area contributed by atoms with Gasteiger partial charge in [0.15, 0.2) is 0 Å². The Balaban J connectivity index is 1.28. The van der Waals surface area contributed by atoms with E-state index in [0.717, 1.165) is 22.6 Å². The van der Waals surface area contributed by atoms with Crippen molar-refractivity contribution in [2.45, 2.75) is 26.1 Å². The van der Waals surface area contributed by atoms with E-state index in [4.69, 9.17) is 28.4 Å². The molecule has 0 saturated carbocycles. The van der Waals surface area contributed by atoms with E-state index in [-0.39, 0.29) is 51.2 Å². The van der Waals surface area contributed by atoms with Crippen molar-refractivity contribution in [1.29, 1.82) is 0 Å². The van der Waals surface area contributed by atoms with Crippen LogP contribution in [0.3, 0.4) is 0 Å². The zero-order valence-corrected chi connectivity index (χ0v) is 20.4. The minimum atomic E-state index is -0.349. The zero-order valence-electron chi connectivity index (χ0n) is 20.4. The Morgan fingerprint density at radius 1 is 0.528 bits per heavy atom. The molecule has 0 heterocycles. The van der Waals surface area contributed by atoms with Gasteiger partial charge in [0.1, 0.15) is 36.2 Å². The maximum absolute atomic E-state index is 12.0. The molecule has 8 heteroatoms. The van der Waals surface area contributed by atoms with E-state index in [2.05, 4.69) is 0 Å². The van der Waals surface area contributed by atoms with Crippen molar-refractivity contribution in [2.24, 2.45) is 0 Å². The Kier molecular flexibility index (Phi) is 10.5. The highest BCUT2D eigenvalue weighted by Gasteiger charge is 2.07. The predicted octanol–water partition coefficient (Wildman–Crippen LogP) is 4.73. The molecule has 0 amide bonds. The normalized spacial score (nSPS) is 10.3. The van der Waals surface area contributed by atoms with Gasteiger partial charge in [-0.05, 0) is 59.7 Å². The van der Waals surface area contributed by atoms with Crippen LogP contribution in [0, 0.1) is 0 Å². The van der Waals surface area contributed by atoms with Gasteiger partial charge in [-0.1, -0.05) is 24.3 Å². The summed E-state index contributed by atoms with van der Waals surface area (Å²) in [5, 5.41) is 0. The summed E-state index contributed by atoms with van der Waals surface area (Å²) in [5.74, 6) is 2.09. The molecule has 0 aliphatic rings. The number of rotatable bonds is 14. The van der Waals surface area contributed by atoms with E-state index >= 15 is 0 Å². The van der Waals surface area contributed by atoms with Gasteiger partial charge in [-0.15, -0.1) is 0 Å². The SMILES string of the molecule is COc1ccc(OCCC(=O)OCc2ccc(COC(=O)CCOc3ccc(OC)cc3)cc2)cc1. The third kappa shape index (κ3) is 9.21. The van der Waals surface area contributed by atoms with Crippen molar-refractivity contribution < 1.29 is 38.0 Å². The average Bonchev–Trinajstić information content (AvgIpc) is 2.92. The lowest BCUT2D eigenvalue weighted by atomic mass is 10.1. The first-order chi connectivity index (χ1) is 17.6. The highest BCUT2D eigenvalue weighted by molar-refractivity contribution is 5.70. The van der Waals surface area contributed by atoms with Crippen LogP contribution < -0.4 is 18.9 Å². The molecule has 36 heavy (non-hydrogen) atoms. The van der Waals surface area contributed by atoms with Gasteiger partial charge in [-0.2, -0.15) is 0 Å². The third-order valence-corrected chi connectivity index (χ3v) is 5.09. The van der Waals surface area contributed by atoms with Crippen LogP contribution in [0.2, 0.25) is 0 Å². The molecule has 3 aromatic carbocycles. The van der Waals surface area contributed by atoms with Crippen molar-refractivity contribution in [3.63, 3.8) is 0 Å². The first-order valence-electron chi connectivity index (χ1n) is 11.5. The molecule has 0 N–H and O–H groups in total. The van der Waals surface area contributed by atoms with E-state index in [1.165, 1.54) is 0 Å². The lowest BCUT2D eigenvalue weighted by molar-refractivity contribution is -0.146. The molecule has 0 saturated heterocycles. The minimum Gasteiger partial charge on any atom is -0.497 e. The first-order valence-corrected chi connectivity index (χ1v) is 11.5. The second kappa shape index (κ2) is 14.3. The average molecular weight is 495 g/mol. The van der Waals surface area contributed by atoms with Crippen molar-refractivity contribution in [2.75, 3.05) is 27.4 Å². The van der Waals surface area contributed by atoms with Gasteiger partial charge >= 0.3 is 11.9 Å². The number of benzene rings is 3. The highest BCUT2D eigenvalue weighted by atomic mass is 16.5. The monoisotopic (exact) mass is 494 g/mol. The summed E-state index contributed by atoms with van der Waals surface area (Å²) in [6, 6.07) is 21.6. The summed E-state index contributed by atoms with van der Waals surface area (Å²) in [5.41, 5.74) is 1.67. The number of methoxy groups -OCH3 is 2. The number of carbonyl (C=O) groups excluding carboxylic acids is 2. The largest absolute Gasteiger partial charge is 0.497 e. The van der Waals surface area contributed by atoms with Crippen molar-refractivity contribution in [1.82, 2.24) is 0 Å². The zero-order chi connectivity index (χ0) is 25.6. The van der Waals surface area contributed by atoms with Gasteiger partial charge in [0.25, 0.3) is 0 Å². The van der Waals surface area contributed by atoms with E-state index in [9.17, 15) is 9.59 Å². The second-order valence-electron chi connectivity index (χ2n) is 7.69. The molecule has 0 atom stereocenters. The second-order valence-corrected chi connectivity index (χ2v) is 7.69. The van der Waals surface area contributed by atoms with Gasteiger partial charge in [0.05, 0.1) is 40.3 Å². The standard InChI is InChI=1S/C28H30O8/c1-31-23-7-11-25(12-8-23)33-17-15-27(29)35-19-21-3-5-22(6-4-21)20-36-28(30)16-18-34-26-13-9-24(32-2)10-14-26/h3-14H,15-20H2,1-2H3. The van der Waals surface area contributed by atoms with Gasteiger partial charge < -0.3 is 28.4 Å². The number of ether oxygens (including phenoxy) is 6. The lowest BCUT2D eigenvalue weighted by Gasteiger charge is -2.09. The molecule has 0 spiro atoms. The van der Waals surface area contributed by atoms with Gasteiger partial charge in [-0.25, -0.2) is 0 Å². The smallest absolute Gasteiger partial charge is 0.309 e. The molecule has 0 aliphatic carbocycles. The summed E-state index contributed by atoms with van der Waals surface area (Å²) >= 11 is 0. The van der Waals surface area contributed by atoms with E-state index in [1.807, 2.05) is 24.3 Å². The Hall–Kier alpha value is -4.20. The maximum atomic E-state index is 12.0. The molecule has 0 fully saturated rings. The fraction of sp³-hybridized carbons (Fsp3) is 0.286. The van der Waals surface area contributed by atoms with Gasteiger partial charge in [-0.3, -0.25) is 9.59 Å². The summed E-state index contributed by atoms with van der Waals surface area (Å²) in [6.45, 7) is 0.759. The molecular weight excluding hydrogens is 464 g/mol. The molecule has 190 valence electrons. The van der Waals surface area contributed by atoms with Crippen molar-refractivity contribution >= 4 is 11.9 Å². The topological polar surface area (TPSA) is 89.5 Å². The molecule has 3 aromatic rings. The molecule has 0 aliphatic heterocycles. The fourth-order valence-corrected chi connectivity index (χ4v) is 3.05. The van der Waals surface area contributed by atoms with E-state index < -0.39 is 0 Å². The molecule has 0 bridgehead atoms. The Morgan fingerprint density at radius 2 is 0.861 bits per heavy atom. The predicted molar refractivity (Wildman–Crippen MR) is 132 cm³/mol. The molecular formula is C28H30O8. The van der Waals surface area contributed by atoms with Gasteiger partial charge in [0, 0.05) is 0 Å². The number of hydrogen-bond donors (Lipinski definition) is 0. The number of esters is 2. The summed E-state index contributed by atoms with van der Waals surface area (Å²) in [6.07, 6.45) is 0.282. The Bertz CT molecular complexity index is 988. The lowest BCUT2D eigenvalue weighted by Crippen LogP contribution is -2.10. The molecule has 3 rings (SSSR count). The van der Waals surface area contributed by atoms with E-state index in [0.29, 0.717) is 11.5 Å². The Labute approximate surface area is 210 Å². The molecule has 0 radical (unpaired) electrons. The highest BCUT2D eigenvalue weighted by Crippen LogP contribution is 2.18. The third-order valence-electron chi connectivity index (χ3n) is 5.09. The molecule has 0 aromatic heterocycles. The quantitative estimate of drug-likeness (QED) is 0.297. The summed E-state index contributed by atoms with van der Waals surface area (Å²) in [4.78, 5) is 23.9. The fourth-order valence-electron chi connectivity index (χ4n) is 3.05. The van der Waals surface area contributed by atoms with Crippen LogP contribution in [0.5, 0.6) is 23.0 Å². The van der Waals surface area contributed by atoms with Crippen LogP contribution in [-0.4, -0.2) is 39.4 Å². The number of hydrogen-bond acceptors (Lipinski definition) is 8. The van der Waals surface area contributed by atoms with Crippen LogP contribution >= 0.6 is 0 Å². The maximum Gasteiger partial charge on any atom is 0.309 e. The van der Waals surface area contributed by atoms with Crippen molar-refractivity contribution in [3.8, 4) is 23.0 Å². The first kappa shape index (κ1) is 26.4. The minimum absolute atomic E-state index is 0.141. The van der Waals surface area contributed by atoms with Crippen LogP contribution in [0.1, 0.15) is 24.0 Å². The van der Waals surface area contributed by atoms with Crippen LogP contribution in [0.15, 0.2) is 72.8 Å². The van der Waals surface area contributed by atoms with Crippen LogP contribution in [0.25, 0.3) is 0 Å². The summed E-state index contributed by atoms with van der Waals surface area (Å²) in [7, 11) is 3.19. The van der Waals surface area contributed by atoms with Crippen LogP contribution in [-0.2, 0) is 32.3 Å². The summed E-state index contributed by atoms with van der Waals surface area (Å²) < 4.78 is 31.8. The van der Waals surface area contributed by atoms with Crippen LogP contribution in [0.4, 0.5) is 0 Å². The van der Waals surface area contributed by atoms with Crippen molar-refractivity contribution in [3.05, 3.63) is 83.9 Å². The van der Waals surface area contributed by atoms with E-state index in [1.54, 1.807) is 62.8 Å². The molecule has 0 unspecified atom stereocenters.